The fourth-order valence-electron chi connectivity index (χ4n) is 3.73. The first kappa shape index (κ1) is 14.9. The Hall–Kier alpha value is -1.05. The molecule has 2 aromatic carbocycles. The molecule has 21 heavy (non-hydrogen) atoms. The number of halogens is 1. The summed E-state index contributed by atoms with van der Waals surface area (Å²) in [4.78, 5) is 0. The minimum Gasteiger partial charge on any atom is -0.375 e. The van der Waals surface area contributed by atoms with Crippen molar-refractivity contribution in [3.8, 4) is 0 Å². The Balaban J connectivity index is 1.85. The Morgan fingerprint density at radius 2 is 1.71 bits per heavy atom. The molecule has 1 aliphatic heterocycles. The van der Waals surface area contributed by atoms with E-state index in [1.54, 1.807) is 0 Å². The Morgan fingerprint density at radius 3 is 2.43 bits per heavy atom. The summed E-state index contributed by atoms with van der Waals surface area (Å²) < 4.78 is 5.95. The number of ether oxygens (including phenoxy) is 1. The van der Waals surface area contributed by atoms with Gasteiger partial charge in [-0.3, -0.25) is 0 Å². The zero-order chi connectivity index (χ0) is 15.0. The maximum atomic E-state index is 6.80. The van der Waals surface area contributed by atoms with Crippen LogP contribution in [0.5, 0.6) is 0 Å². The normalized spacial score (nSPS) is 30.7. The van der Waals surface area contributed by atoms with E-state index in [4.69, 9.17) is 16.3 Å². The lowest BCUT2D eigenvalue weighted by atomic mass is 9.84. The Labute approximate surface area is 132 Å². The average molecular weight is 303 g/mol. The minimum absolute atomic E-state index is 0.116. The van der Waals surface area contributed by atoms with Crippen molar-refractivity contribution in [1.82, 2.24) is 0 Å². The molecule has 5 atom stereocenters. The lowest BCUT2D eigenvalue weighted by Gasteiger charge is -2.24. The van der Waals surface area contributed by atoms with Crippen molar-refractivity contribution in [3.05, 3.63) is 48.0 Å². The molecule has 3 rings (SSSR count). The highest BCUT2D eigenvalue weighted by molar-refractivity contribution is 6.21. The van der Waals surface area contributed by atoms with E-state index >= 15 is 0 Å². The van der Waals surface area contributed by atoms with Gasteiger partial charge in [-0.15, -0.1) is 11.6 Å². The predicted molar refractivity (Wildman–Crippen MR) is 90.0 cm³/mol. The summed E-state index contributed by atoms with van der Waals surface area (Å²) in [6.45, 7) is 6.57. The summed E-state index contributed by atoms with van der Waals surface area (Å²) in [5.74, 6) is 0.929. The molecule has 1 heterocycles. The molecule has 2 heteroatoms. The lowest BCUT2D eigenvalue weighted by molar-refractivity contribution is 0.0508. The standard InChI is InChI=1S/C19H23ClO/c1-12-13(2)21-14(3)19(12)18(20)11-16-9-6-8-15-7-4-5-10-17(15)16/h4-10,12-14,18-19H,11H2,1-3H3. The van der Waals surface area contributed by atoms with Gasteiger partial charge in [0.2, 0.25) is 0 Å². The zero-order valence-electron chi connectivity index (χ0n) is 12.9. The van der Waals surface area contributed by atoms with Crippen molar-refractivity contribution >= 4 is 22.4 Å². The molecule has 1 saturated heterocycles. The monoisotopic (exact) mass is 302 g/mol. The molecular weight excluding hydrogens is 280 g/mol. The summed E-state index contributed by atoms with van der Waals surface area (Å²) in [6.07, 6.45) is 1.45. The Kier molecular flexibility index (Phi) is 4.24. The third-order valence-electron chi connectivity index (χ3n) is 5.03. The van der Waals surface area contributed by atoms with Crippen LogP contribution in [0, 0.1) is 11.8 Å². The molecule has 2 aromatic rings. The molecule has 1 fully saturated rings. The number of fused-ring (bicyclic) bond motifs is 1. The largest absolute Gasteiger partial charge is 0.375 e. The van der Waals surface area contributed by atoms with Crippen LogP contribution in [0.15, 0.2) is 42.5 Å². The van der Waals surface area contributed by atoms with Crippen LogP contribution in [0.2, 0.25) is 0 Å². The summed E-state index contributed by atoms with van der Waals surface area (Å²) in [7, 11) is 0. The average Bonchev–Trinajstić information content (AvgIpc) is 2.72. The molecule has 0 saturated carbocycles. The van der Waals surface area contributed by atoms with E-state index in [1.165, 1.54) is 16.3 Å². The van der Waals surface area contributed by atoms with Gasteiger partial charge in [-0.25, -0.2) is 0 Å². The van der Waals surface area contributed by atoms with Gasteiger partial charge < -0.3 is 4.74 Å². The van der Waals surface area contributed by atoms with E-state index in [0.29, 0.717) is 17.9 Å². The van der Waals surface area contributed by atoms with E-state index in [-0.39, 0.29) is 11.5 Å². The molecule has 0 spiro atoms. The SMILES string of the molecule is CC1OC(C)C(C(Cl)Cc2cccc3ccccc23)C1C. The van der Waals surface area contributed by atoms with Crippen LogP contribution < -0.4 is 0 Å². The number of hydrogen-bond acceptors (Lipinski definition) is 1. The third kappa shape index (κ3) is 2.82. The summed E-state index contributed by atoms with van der Waals surface area (Å²) >= 11 is 6.80. The first-order chi connectivity index (χ1) is 10.1. The Bertz CT molecular complexity index is 618. The molecule has 0 amide bonds. The zero-order valence-corrected chi connectivity index (χ0v) is 13.7. The molecule has 112 valence electrons. The van der Waals surface area contributed by atoms with E-state index in [1.807, 2.05) is 0 Å². The third-order valence-corrected chi connectivity index (χ3v) is 5.48. The molecule has 1 nitrogen and oxygen atoms in total. The molecule has 1 aliphatic rings. The van der Waals surface area contributed by atoms with Gasteiger partial charge >= 0.3 is 0 Å². The maximum absolute atomic E-state index is 6.80. The van der Waals surface area contributed by atoms with Gasteiger partial charge in [0, 0.05) is 11.3 Å². The molecule has 0 radical (unpaired) electrons. The number of rotatable bonds is 3. The van der Waals surface area contributed by atoms with E-state index in [2.05, 4.69) is 63.2 Å². The van der Waals surface area contributed by atoms with Crippen LogP contribution in [-0.4, -0.2) is 17.6 Å². The Morgan fingerprint density at radius 1 is 1.00 bits per heavy atom. The van der Waals surface area contributed by atoms with Crippen LogP contribution in [0.25, 0.3) is 10.8 Å². The molecule has 0 bridgehead atoms. The van der Waals surface area contributed by atoms with Gasteiger partial charge in [0.1, 0.15) is 0 Å². The highest BCUT2D eigenvalue weighted by atomic mass is 35.5. The van der Waals surface area contributed by atoms with Crippen LogP contribution in [0.4, 0.5) is 0 Å². The van der Waals surface area contributed by atoms with E-state index < -0.39 is 0 Å². The highest BCUT2D eigenvalue weighted by Crippen LogP contribution is 2.38. The predicted octanol–water partition coefficient (Wildman–Crippen LogP) is 5.05. The molecule has 5 unspecified atom stereocenters. The fourth-order valence-corrected chi connectivity index (χ4v) is 4.33. The summed E-state index contributed by atoms with van der Waals surface area (Å²) in [5.41, 5.74) is 1.34. The number of benzene rings is 2. The summed E-state index contributed by atoms with van der Waals surface area (Å²) in [5, 5.41) is 2.72. The second-order valence-electron chi connectivity index (χ2n) is 6.34. The van der Waals surface area contributed by atoms with Crippen LogP contribution in [0.3, 0.4) is 0 Å². The van der Waals surface area contributed by atoms with Crippen LogP contribution in [0.1, 0.15) is 26.3 Å². The molecule has 0 N–H and O–H groups in total. The molecule has 0 aromatic heterocycles. The second kappa shape index (κ2) is 5.98. The minimum atomic E-state index is 0.116. The quantitative estimate of drug-likeness (QED) is 0.721. The van der Waals surface area contributed by atoms with E-state index in [9.17, 15) is 0 Å². The van der Waals surface area contributed by atoms with Crippen molar-refractivity contribution in [3.63, 3.8) is 0 Å². The first-order valence-corrected chi connectivity index (χ1v) is 8.27. The van der Waals surface area contributed by atoms with Gasteiger partial charge in [0.05, 0.1) is 12.2 Å². The van der Waals surface area contributed by atoms with E-state index in [0.717, 1.165) is 6.42 Å². The van der Waals surface area contributed by atoms with Crippen molar-refractivity contribution in [2.75, 3.05) is 0 Å². The van der Waals surface area contributed by atoms with Gasteiger partial charge in [-0.05, 0) is 42.5 Å². The first-order valence-electron chi connectivity index (χ1n) is 7.84. The highest BCUT2D eigenvalue weighted by Gasteiger charge is 2.40. The van der Waals surface area contributed by atoms with Crippen molar-refractivity contribution in [2.24, 2.45) is 11.8 Å². The topological polar surface area (TPSA) is 9.23 Å². The van der Waals surface area contributed by atoms with Gasteiger partial charge in [-0.1, -0.05) is 49.4 Å². The smallest absolute Gasteiger partial charge is 0.0596 e. The second-order valence-corrected chi connectivity index (χ2v) is 6.90. The van der Waals surface area contributed by atoms with Gasteiger partial charge in [-0.2, -0.15) is 0 Å². The number of hydrogen-bond donors (Lipinski definition) is 0. The number of alkyl halides is 1. The molecule has 0 aliphatic carbocycles. The van der Waals surface area contributed by atoms with Crippen molar-refractivity contribution in [1.29, 1.82) is 0 Å². The van der Waals surface area contributed by atoms with Crippen LogP contribution >= 0.6 is 11.6 Å². The fraction of sp³-hybridized carbons (Fsp3) is 0.474. The van der Waals surface area contributed by atoms with Gasteiger partial charge in [0.15, 0.2) is 0 Å². The maximum Gasteiger partial charge on any atom is 0.0596 e. The lowest BCUT2D eigenvalue weighted by Crippen LogP contribution is -2.28. The van der Waals surface area contributed by atoms with Crippen LogP contribution in [-0.2, 0) is 11.2 Å². The van der Waals surface area contributed by atoms with Crippen molar-refractivity contribution < 1.29 is 4.74 Å². The van der Waals surface area contributed by atoms with Crippen molar-refractivity contribution in [2.45, 2.75) is 44.8 Å². The summed E-state index contributed by atoms with van der Waals surface area (Å²) in [6, 6.07) is 15.0. The van der Waals surface area contributed by atoms with Gasteiger partial charge in [0.25, 0.3) is 0 Å². The molecular formula is C19H23ClO.